The number of rotatable bonds is 1. The highest BCUT2D eigenvalue weighted by Crippen LogP contribution is 2.19. The smallest absolute Gasteiger partial charge is 0.374 e. The maximum absolute atomic E-state index is 11.4. The van der Waals surface area contributed by atoms with E-state index in [0.717, 1.165) is 0 Å². The summed E-state index contributed by atoms with van der Waals surface area (Å²) < 4.78 is 5.04. The summed E-state index contributed by atoms with van der Waals surface area (Å²) in [5.41, 5.74) is -0.567. The van der Waals surface area contributed by atoms with Crippen LogP contribution in [0.25, 0.3) is 0 Å². The zero-order valence-corrected chi connectivity index (χ0v) is 9.53. The Balaban J connectivity index is 2.80. The standard InChI is InChI=1S/C8H10Cl2N2O2/c1-8(2,3)14-7(13)6-11-4(9)5(10)12-6/h1-3H3,(H,11,12). The van der Waals surface area contributed by atoms with Gasteiger partial charge in [-0.3, -0.25) is 0 Å². The monoisotopic (exact) mass is 236 g/mol. The summed E-state index contributed by atoms with van der Waals surface area (Å²) in [6, 6.07) is 0. The van der Waals surface area contributed by atoms with Gasteiger partial charge in [0.25, 0.3) is 0 Å². The van der Waals surface area contributed by atoms with Crippen molar-refractivity contribution in [2.75, 3.05) is 0 Å². The average molecular weight is 237 g/mol. The Labute approximate surface area is 91.6 Å². The van der Waals surface area contributed by atoms with E-state index in [0.29, 0.717) is 0 Å². The van der Waals surface area contributed by atoms with Crippen molar-refractivity contribution in [3.8, 4) is 0 Å². The quantitative estimate of drug-likeness (QED) is 0.764. The molecule has 78 valence electrons. The van der Waals surface area contributed by atoms with Crippen LogP contribution in [0, 0.1) is 0 Å². The van der Waals surface area contributed by atoms with Crippen LogP contribution in [0.5, 0.6) is 0 Å². The highest BCUT2D eigenvalue weighted by molar-refractivity contribution is 6.40. The minimum Gasteiger partial charge on any atom is -0.454 e. The molecule has 1 aromatic heterocycles. The maximum Gasteiger partial charge on any atom is 0.374 e. The number of halogens is 2. The molecule has 14 heavy (non-hydrogen) atoms. The SMILES string of the molecule is CC(C)(C)OC(=O)c1nc(Cl)c(Cl)[nH]1. The Kier molecular flexibility index (Phi) is 3.07. The lowest BCUT2D eigenvalue weighted by atomic mass is 10.2. The van der Waals surface area contributed by atoms with Gasteiger partial charge in [0.2, 0.25) is 5.82 Å². The molecule has 0 amide bonds. The van der Waals surface area contributed by atoms with Gasteiger partial charge in [0.05, 0.1) is 0 Å². The Morgan fingerprint density at radius 3 is 2.36 bits per heavy atom. The summed E-state index contributed by atoms with van der Waals surface area (Å²) in [7, 11) is 0. The van der Waals surface area contributed by atoms with Crippen LogP contribution >= 0.6 is 23.2 Å². The van der Waals surface area contributed by atoms with Crippen molar-refractivity contribution in [3.05, 3.63) is 16.1 Å². The topological polar surface area (TPSA) is 55.0 Å². The molecule has 1 heterocycles. The number of esters is 1. The fraction of sp³-hybridized carbons (Fsp3) is 0.500. The third-order valence-electron chi connectivity index (χ3n) is 1.21. The molecule has 0 aliphatic heterocycles. The van der Waals surface area contributed by atoms with E-state index in [1.807, 2.05) is 0 Å². The molecular weight excluding hydrogens is 227 g/mol. The number of nitrogens with one attached hydrogen (secondary N) is 1. The Hall–Kier alpha value is -0.740. The predicted molar refractivity (Wildman–Crippen MR) is 53.8 cm³/mol. The molecular formula is C8H10Cl2N2O2. The molecule has 0 saturated heterocycles. The van der Waals surface area contributed by atoms with Crippen LogP contribution in [-0.2, 0) is 4.74 Å². The molecule has 0 atom stereocenters. The second-order valence-corrected chi connectivity index (χ2v) is 4.43. The van der Waals surface area contributed by atoms with Crippen molar-refractivity contribution >= 4 is 29.2 Å². The normalized spacial score (nSPS) is 11.5. The number of hydrogen-bond donors (Lipinski definition) is 1. The van der Waals surface area contributed by atoms with Crippen molar-refractivity contribution in [1.82, 2.24) is 9.97 Å². The molecule has 1 aromatic rings. The van der Waals surface area contributed by atoms with E-state index in [-0.39, 0.29) is 16.1 Å². The Morgan fingerprint density at radius 2 is 2.00 bits per heavy atom. The summed E-state index contributed by atoms with van der Waals surface area (Å²) in [5.74, 6) is -0.568. The van der Waals surface area contributed by atoms with E-state index in [2.05, 4.69) is 9.97 Å². The van der Waals surface area contributed by atoms with Gasteiger partial charge in [-0.1, -0.05) is 23.2 Å². The largest absolute Gasteiger partial charge is 0.454 e. The number of carbonyl (C=O) groups excluding carboxylic acids is 1. The lowest BCUT2D eigenvalue weighted by Crippen LogP contribution is -2.24. The van der Waals surface area contributed by atoms with Gasteiger partial charge in [-0.25, -0.2) is 9.78 Å². The van der Waals surface area contributed by atoms with Crippen molar-refractivity contribution in [1.29, 1.82) is 0 Å². The van der Waals surface area contributed by atoms with Crippen LogP contribution in [0.2, 0.25) is 10.3 Å². The number of carbonyl (C=O) groups is 1. The van der Waals surface area contributed by atoms with Crippen LogP contribution in [0.15, 0.2) is 0 Å². The predicted octanol–water partition coefficient (Wildman–Crippen LogP) is 2.67. The first-order valence-electron chi connectivity index (χ1n) is 3.94. The second-order valence-electron chi connectivity index (χ2n) is 3.69. The first-order chi connectivity index (χ1) is 6.29. The zero-order chi connectivity index (χ0) is 10.9. The van der Waals surface area contributed by atoms with E-state index in [4.69, 9.17) is 27.9 Å². The van der Waals surface area contributed by atoms with Crippen molar-refractivity contribution in [2.45, 2.75) is 26.4 Å². The van der Waals surface area contributed by atoms with Gasteiger partial charge in [0, 0.05) is 0 Å². The molecule has 0 bridgehead atoms. The van der Waals surface area contributed by atoms with Gasteiger partial charge in [0.1, 0.15) is 10.8 Å². The van der Waals surface area contributed by atoms with Crippen molar-refractivity contribution < 1.29 is 9.53 Å². The van der Waals surface area contributed by atoms with Crippen LogP contribution in [0.3, 0.4) is 0 Å². The summed E-state index contributed by atoms with van der Waals surface area (Å²) in [5, 5.41) is 0.194. The molecule has 0 aliphatic rings. The Bertz CT molecular complexity index is 335. The third kappa shape index (κ3) is 2.89. The first kappa shape index (κ1) is 11.3. The molecule has 1 N–H and O–H groups in total. The number of ether oxygens (including phenoxy) is 1. The molecule has 0 aliphatic carbocycles. The number of nitrogens with zero attached hydrogens (tertiary/aromatic N) is 1. The third-order valence-corrected chi connectivity index (χ3v) is 1.86. The highest BCUT2D eigenvalue weighted by atomic mass is 35.5. The van der Waals surface area contributed by atoms with Crippen LogP contribution in [0.1, 0.15) is 31.4 Å². The molecule has 6 heteroatoms. The number of aromatic nitrogens is 2. The number of hydrogen-bond acceptors (Lipinski definition) is 3. The van der Waals surface area contributed by atoms with Crippen LogP contribution < -0.4 is 0 Å². The molecule has 0 spiro atoms. The first-order valence-corrected chi connectivity index (χ1v) is 4.69. The van der Waals surface area contributed by atoms with Gasteiger partial charge in [0.15, 0.2) is 5.15 Å². The zero-order valence-electron chi connectivity index (χ0n) is 8.02. The average Bonchev–Trinajstić information content (AvgIpc) is 2.28. The van der Waals surface area contributed by atoms with E-state index >= 15 is 0 Å². The minimum absolute atomic E-state index is 0.00919. The van der Waals surface area contributed by atoms with E-state index in [1.165, 1.54) is 0 Å². The van der Waals surface area contributed by atoms with Gasteiger partial charge < -0.3 is 9.72 Å². The molecule has 0 aromatic carbocycles. The van der Waals surface area contributed by atoms with Gasteiger partial charge in [-0.05, 0) is 20.8 Å². The van der Waals surface area contributed by atoms with Crippen LogP contribution in [-0.4, -0.2) is 21.5 Å². The molecule has 0 saturated carbocycles. The van der Waals surface area contributed by atoms with Crippen LogP contribution in [0.4, 0.5) is 0 Å². The van der Waals surface area contributed by atoms with E-state index in [9.17, 15) is 4.79 Å². The highest BCUT2D eigenvalue weighted by Gasteiger charge is 2.21. The Morgan fingerprint density at radius 1 is 1.43 bits per heavy atom. The minimum atomic E-state index is -0.577. The summed E-state index contributed by atoms with van der Waals surface area (Å²) in [4.78, 5) is 17.6. The second kappa shape index (κ2) is 3.79. The van der Waals surface area contributed by atoms with Gasteiger partial charge in [-0.15, -0.1) is 0 Å². The lowest BCUT2D eigenvalue weighted by Gasteiger charge is -2.18. The van der Waals surface area contributed by atoms with Gasteiger partial charge >= 0.3 is 5.97 Å². The van der Waals surface area contributed by atoms with Gasteiger partial charge in [-0.2, -0.15) is 0 Å². The number of imidazole rings is 1. The molecule has 1 rings (SSSR count). The lowest BCUT2D eigenvalue weighted by molar-refractivity contribution is 0.00568. The number of H-pyrrole nitrogens is 1. The summed E-state index contributed by atoms with van der Waals surface area (Å²) in [6.07, 6.45) is 0. The molecule has 0 fully saturated rings. The summed E-state index contributed by atoms with van der Waals surface area (Å²) in [6.45, 7) is 5.28. The van der Waals surface area contributed by atoms with E-state index in [1.54, 1.807) is 20.8 Å². The fourth-order valence-electron chi connectivity index (χ4n) is 0.754. The molecule has 0 unspecified atom stereocenters. The molecule has 0 radical (unpaired) electrons. The van der Waals surface area contributed by atoms with Crippen molar-refractivity contribution in [3.63, 3.8) is 0 Å². The number of aromatic amines is 1. The summed E-state index contributed by atoms with van der Waals surface area (Å²) >= 11 is 11.1. The fourth-order valence-corrected chi connectivity index (χ4v) is 1.02. The van der Waals surface area contributed by atoms with Crippen molar-refractivity contribution in [2.24, 2.45) is 0 Å². The van der Waals surface area contributed by atoms with E-state index < -0.39 is 11.6 Å². The maximum atomic E-state index is 11.4. The molecule has 4 nitrogen and oxygen atoms in total.